The molecule has 1 atom stereocenters. The summed E-state index contributed by atoms with van der Waals surface area (Å²) in [6.07, 6.45) is 2.13. The lowest BCUT2D eigenvalue weighted by Crippen LogP contribution is -2.21. The first-order valence-corrected chi connectivity index (χ1v) is 6.19. The third-order valence-corrected chi connectivity index (χ3v) is 3.28. The summed E-state index contributed by atoms with van der Waals surface area (Å²) in [7, 11) is 0. The summed E-state index contributed by atoms with van der Waals surface area (Å²) < 4.78 is 0. The molecule has 1 aromatic rings. The van der Waals surface area contributed by atoms with Crippen molar-refractivity contribution >= 4 is 17.2 Å². The second-order valence-electron chi connectivity index (χ2n) is 4.55. The van der Waals surface area contributed by atoms with Crippen LogP contribution in [0, 0.1) is 5.92 Å². The second kappa shape index (κ2) is 5.41. The summed E-state index contributed by atoms with van der Waals surface area (Å²) >= 11 is 4.96. The van der Waals surface area contributed by atoms with Crippen molar-refractivity contribution < 1.29 is 0 Å². The first kappa shape index (κ1) is 11.6. The van der Waals surface area contributed by atoms with Gasteiger partial charge in [0.25, 0.3) is 0 Å². The minimum absolute atomic E-state index is 0.659. The van der Waals surface area contributed by atoms with Crippen molar-refractivity contribution in [3.05, 3.63) is 35.9 Å². The van der Waals surface area contributed by atoms with Crippen LogP contribution >= 0.6 is 12.2 Å². The first-order valence-electron chi connectivity index (χ1n) is 5.78. The van der Waals surface area contributed by atoms with Crippen molar-refractivity contribution in [2.45, 2.75) is 19.4 Å². The first-order chi connectivity index (χ1) is 7.74. The molecule has 16 heavy (non-hydrogen) atoms. The van der Waals surface area contributed by atoms with E-state index in [1.54, 1.807) is 0 Å². The molecular weight excluding hydrogens is 216 g/mol. The average molecular weight is 234 g/mol. The molecule has 0 spiro atoms. The van der Waals surface area contributed by atoms with E-state index < -0.39 is 0 Å². The van der Waals surface area contributed by atoms with Crippen molar-refractivity contribution in [2.75, 3.05) is 13.1 Å². The molecule has 1 aromatic carbocycles. The SMILES string of the molecule is NC(=S)CC1CCN(Cc2ccccc2)C1. The molecule has 2 N–H and O–H groups in total. The number of hydrogen-bond acceptors (Lipinski definition) is 2. The molecule has 1 aliphatic rings. The number of thiocarbonyl (C=S) groups is 1. The van der Waals surface area contributed by atoms with Gasteiger partial charge in [-0.1, -0.05) is 42.5 Å². The summed E-state index contributed by atoms with van der Waals surface area (Å²) in [4.78, 5) is 3.14. The van der Waals surface area contributed by atoms with Crippen LogP contribution in [0.15, 0.2) is 30.3 Å². The number of likely N-dealkylation sites (tertiary alicyclic amines) is 1. The molecule has 3 heteroatoms. The van der Waals surface area contributed by atoms with E-state index in [1.165, 1.54) is 18.5 Å². The average Bonchev–Trinajstić information content (AvgIpc) is 2.66. The van der Waals surface area contributed by atoms with Crippen LogP contribution in [0.3, 0.4) is 0 Å². The van der Waals surface area contributed by atoms with Crippen molar-refractivity contribution in [3.8, 4) is 0 Å². The highest BCUT2D eigenvalue weighted by molar-refractivity contribution is 7.80. The van der Waals surface area contributed by atoms with E-state index in [2.05, 4.69) is 35.2 Å². The van der Waals surface area contributed by atoms with Gasteiger partial charge in [-0.2, -0.15) is 0 Å². The molecule has 2 nitrogen and oxygen atoms in total. The third kappa shape index (κ3) is 3.29. The van der Waals surface area contributed by atoms with Gasteiger partial charge >= 0.3 is 0 Å². The molecule has 1 saturated heterocycles. The van der Waals surface area contributed by atoms with Crippen LogP contribution in [0.1, 0.15) is 18.4 Å². The lowest BCUT2D eigenvalue weighted by molar-refractivity contribution is 0.318. The van der Waals surface area contributed by atoms with Gasteiger partial charge in [0.2, 0.25) is 0 Å². The van der Waals surface area contributed by atoms with Crippen molar-refractivity contribution in [1.29, 1.82) is 0 Å². The van der Waals surface area contributed by atoms with Crippen molar-refractivity contribution in [2.24, 2.45) is 11.7 Å². The molecule has 0 aliphatic carbocycles. The number of nitrogens with zero attached hydrogens (tertiary/aromatic N) is 1. The van der Waals surface area contributed by atoms with Gasteiger partial charge in [0.1, 0.15) is 0 Å². The van der Waals surface area contributed by atoms with Gasteiger partial charge in [0.15, 0.2) is 0 Å². The standard InChI is InChI=1S/C13H18N2S/c14-13(16)8-12-6-7-15(10-12)9-11-4-2-1-3-5-11/h1-5,12H,6-10H2,(H2,14,16). The zero-order chi connectivity index (χ0) is 11.4. The van der Waals surface area contributed by atoms with Crippen LogP contribution in [-0.4, -0.2) is 23.0 Å². The summed E-state index contributed by atoms with van der Waals surface area (Å²) in [6.45, 7) is 3.35. The fourth-order valence-corrected chi connectivity index (χ4v) is 2.58. The lowest BCUT2D eigenvalue weighted by atomic mass is 10.1. The second-order valence-corrected chi connectivity index (χ2v) is 5.07. The molecule has 1 fully saturated rings. The van der Waals surface area contributed by atoms with Gasteiger partial charge in [-0.15, -0.1) is 0 Å². The summed E-state index contributed by atoms with van der Waals surface area (Å²) in [5.74, 6) is 0.668. The van der Waals surface area contributed by atoms with E-state index >= 15 is 0 Å². The summed E-state index contributed by atoms with van der Waals surface area (Å²) in [5, 5.41) is 0. The molecule has 0 saturated carbocycles. The molecule has 0 aromatic heterocycles. The van der Waals surface area contributed by atoms with Crippen LogP contribution in [0.25, 0.3) is 0 Å². The molecule has 0 radical (unpaired) electrons. The van der Waals surface area contributed by atoms with Crippen LogP contribution in [0.2, 0.25) is 0 Å². The van der Waals surface area contributed by atoms with Gasteiger partial charge < -0.3 is 5.73 Å². The van der Waals surface area contributed by atoms with Gasteiger partial charge in [-0.05, 0) is 24.4 Å². The zero-order valence-corrected chi connectivity index (χ0v) is 10.2. The Morgan fingerprint density at radius 1 is 1.38 bits per heavy atom. The Balaban J connectivity index is 1.83. The Morgan fingerprint density at radius 2 is 2.12 bits per heavy atom. The predicted molar refractivity (Wildman–Crippen MR) is 71.2 cm³/mol. The summed E-state index contributed by atoms with van der Waals surface area (Å²) in [6, 6.07) is 10.6. The van der Waals surface area contributed by atoms with Gasteiger partial charge in [0.05, 0.1) is 4.99 Å². The van der Waals surface area contributed by atoms with Crippen molar-refractivity contribution in [3.63, 3.8) is 0 Å². The Morgan fingerprint density at radius 3 is 2.81 bits per heavy atom. The number of benzene rings is 1. The maximum Gasteiger partial charge on any atom is 0.0730 e. The fourth-order valence-electron chi connectivity index (χ4n) is 2.35. The minimum Gasteiger partial charge on any atom is -0.393 e. The Bertz CT molecular complexity index is 350. The van der Waals surface area contributed by atoms with E-state index in [9.17, 15) is 0 Å². The fraction of sp³-hybridized carbons (Fsp3) is 0.462. The number of hydrogen-bond donors (Lipinski definition) is 1. The smallest absolute Gasteiger partial charge is 0.0730 e. The van der Waals surface area contributed by atoms with Gasteiger partial charge in [-0.25, -0.2) is 0 Å². The van der Waals surface area contributed by atoms with E-state index in [0.29, 0.717) is 10.9 Å². The van der Waals surface area contributed by atoms with Crippen molar-refractivity contribution in [1.82, 2.24) is 4.90 Å². The number of rotatable bonds is 4. The van der Waals surface area contributed by atoms with E-state index in [0.717, 1.165) is 19.5 Å². The van der Waals surface area contributed by atoms with E-state index in [1.807, 2.05) is 0 Å². The zero-order valence-electron chi connectivity index (χ0n) is 9.43. The van der Waals surface area contributed by atoms with Gasteiger partial charge in [0, 0.05) is 19.5 Å². The maximum absolute atomic E-state index is 5.58. The molecule has 0 amide bonds. The van der Waals surface area contributed by atoms with Crippen LogP contribution in [-0.2, 0) is 6.54 Å². The quantitative estimate of drug-likeness (QED) is 0.810. The summed E-state index contributed by atoms with van der Waals surface area (Å²) in [5.41, 5.74) is 6.97. The molecule has 1 unspecified atom stereocenters. The minimum atomic E-state index is 0.659. The third-order valence-electron chi connectivity index (χ3n) is 3.11. The van der Waals surface area contributed by atoms with Crippen LogP contribution in [0.5, 0.6) is 0 Å². The molecule has 2 rings (SSSR count). The Hall–Kier alpha value is -0.930. The molecular formula is C13H18N2S. The molecule has 86 valence electrons. The van der Waals surface area contributed by atoms with E-state index in [4.69, 9.17) is 18.0 Å². The largest absolute Gasteiger partial charge is 0.393 e. The molecule has 1 heterocycles. The Kier molecular flexibility index (Phi) is 3.91. The van der Waals surface area contributed by atoms with Crippen LogP contribution in [0.4, 0.5) is 0 Å². The monoisotopic (exact) mass is 234 g/mol. The lowest BCUT2D eigenvalue weighted by Gasteiger charge is -2.15. The maximum atomic E-state index is 5.58. The highest BCUT2D eigenvalue weighted by Gasteiger charge is 2.22. The van der Waals surface area contributed by atoms with E-state index in [-0.39, 0.29) is 0 Å². The van der Waals surface area contributed by atoms with Gasteiger partial charge in [-0.3, -0.25) is 4.90 Å². The molecule has 0 bridgehead atoms. The molecule has 1 aliphatic heterocycles. The van der Waals surface area contributed by atoms with Crippen LogP contribution < -0.4 is 5.73 Å². The highest BCUT2D eigenvalue weighted by Crippen LogP contribution is 2.21. The topological polar surface area (TPSA) is 29.3 Å². The normalized spacial score (nSPS) is 21.1. The predicted octanol–water partition coefficient (Wildman–Crippen LogP) is 2.18. The number of nitrogens with two attached hydrogens (primary N) is 1. The highest BCUT2D eigenvalue weighted by atomic mass is 32.1. The Labute approximate surface area is 102 Å².